The van der Waals surface area contributed by atoms with Crippen LogP contribution in [0.5, 0.6) is 23.0 Å². The van der Waals surface area contributed by atoms with Gasteiger partial charge in [0.2, 0.25) is 0 Å². The third kappa shape index (κ3) is 34.6. The molecule has 6 nitrogen and oxygen atoms in total. The molecule has 0 aliphatic rings. The van der Waals surface area contributed by atoms with E-state index in [-0.39, 0.29) is 22.3 Å². The van der Waals surface area contributed by atoms with Gasteiger partial charge in [-0.3, -0.25) is 9.98 Å². The third-order valence-electron chi connectivity index (χ3n) is 15.2. The van der Waals surface area contributed by atoms with Crippen LogP contribution in [0.15, 0.2) is 34.3 Å². The Balaban J connectivity index is 1.66. The first-order chi connectivity index (χ1) is 35.9. The SMILES string of the molecule is CCCCCCCCCCCCCCCCCCCCCCOc1cc(C=NCCN=Cc2cc(OCCCCCCCCCCCCCCCCCCCCCC)cc(C(C)(C)C)c2O)c(O)c(C(C)(C)C)c1. The number of aliphatic imine (C=N–C) groups is 2. The minimum absolute atomic E-state index is 0.250. The second-order valence-electron chi connectivity index (χ2n) is 24.5. The van der Waals surface area contributed by atoms with Gasteiger partial charge in [-0.1, -0.05) is 299 Å². The molecule has 0 aliphatic carbocycles. The molecule has 2 aromatic carbocycles. The molecule has 0 saturated carbocycles. The lowest BCUT2D eigenvalue weighted by molar-refractivity contribution is 0.302. The zero-order valence-corrected chi connectivity index (χ0v) is 50.2. The van der Waals surface area contributed by atoms with Crippen LogP contribution in [0, 0.1) is 0 Å². The van der Waals surface area contributed by atoms with Crippen LogP contribution in [0.2, 0.25) is 0 Å². The van der Waals surface area contributed by atoms with E-state index in [4.69, 9.17) is 9.47 Å². The topological polar surface area (TPSA) is 83.6 Å². The van der Waals surface area contributed by atoms with Crippen LogP contribution in [0.4, 0.5) is 0 Å². The Morgan fingerprint density at radius 2 is 0.554 bits per heavy atom. The van der Waals surface area contributed by atoms with Crippen LogP contribution < -0.4 is 9.47 Å². The summed E-state index contributed by atoms with van der Waals surface area (Å²) in [4.78, 5) is 9.32. The standard InChI is InChI=1S/C68H120N2O4/c1-9-11-13-15-17-19-21-23-25-27-29-31-33-35-37-39-41-43-45-47-51-73-61-53-59(65(71)63(55-61)67(3,4)5)57-69-49-50-70-58-60-54-62(56-64(66(60)72)68(6,7)8)74-52-48-46-44-42-40-38-36-34-32-30-28-26-24-22-20-18-16-14-12-10-2/h53-58,71-72H,9-52H2,1-8H3. The quantitative estimate of drug-likeness (QED) is 0.0511. The van der Waals surface area contributed by atoms with Crippen molar-refractivity contribution in [1.29, 1.82) is 0 Å². The normalized spacial score (nSPS) is 12.3. The van der Waals surface area contributed by atoms with Gasteiger partial charge >= 0.3 is 0 Å². The molecule has 0 radical (unpaired) electrons. The summed E-state index contributed by atoms with van der Waals surface area (Å²) in [6.45, 7) is 19.5. The van der Waals surface area contributed by atoms with Crippen molar-refractivity contribution in [2.45, 2.75) is 323 Å². The van der Waals surface area contributed by atoms with E-state index in [1.54, 1.807) is 12.4 Å². The van der Waals surface area contributed by atoms with Crippen LogP contribution in [0.3, 0.4) is 0 Å². The predicted molar refractivity (Wildman–Crippen MR) is 326 cm³/mol. The predicted octanol–water partition coefficient (Wildman–Crippen LogP) is 21.6. The number of ether oxygens (including phenoxy) is 2. The van der Waals surface area contributed by atoms with Crippen molar-refractivity contribution in [3.8, 4) is 23.0 Å². The lowest BCUT2D eigenvalue weighted by atomic mass is 9.85. The molecule has 2 aromatic rings. The summed E-state index contributed by atoms with van der Waals surface area (Å²) < 4.78 is 12.6. The molecule has 0 spiro atoms. The van der Waals surface area contributed by atoms with Crippen molar-refractivity contribution in [2.24, 2.45) is 9.98 Å². The summed E-state index contributed by atoms with van der Waals surface area (Å²) in [5.41, 5.74) is 2.54. The van der Waals surface area contributed by atoms with Gasteiger partial charge in [0.1, 0.15) is 23.0 Å². The van der Waals surface area contributed by atoms with E-state index < -0.39 is 0 Å². The number of aromatic hydroxyl groups is 2. The Hall–Kier alpha value is -3.02. The largest absolute Gasteiger partial charge is 0.507 e. The number of phenols is 2. The Bertz CT molecular complexity index is 1560. The van der Waals surface area contributed by atoms with Crippen LogP contribution in [-0.4, -0.2) is 48.9 Å². The van der Waals surface area contributed by atoms with Gasteiger partial charge in [-0.25, -0.2) is 0 Å². The van der Waals surface area contributed by atoms with Gasteiger partial charge in [0.15, 0.2) is 0 Å². The maximum Gasteiger partial charge on any atom is 0.128 e. The fourth-order valence-electron chi connectivity index (χ4n) is 10.3. The van der Waals surface area contributed by atoms with Gasteiger partial charge < -0.3 is 19.7 Å². The summed E-state index contributed by atoms with van der Waals surface area (Å²) in [5.74, 6) is 2.07. The number of unbranched alkanes of at least 4 members (excludes halogenated alkanes) is 38. The van der Waals surface area contributed by atoms with Gasteiger partial charge in [-0.2, -0.15) is 0 Å². The molecule has 0 fully saturated rings. The number of hydrogen-bond donors (Lipinski definition) is 2. The van der Waals surface area contributed by atoms with E-state index in [9.17, 15) is 10.2 Å². The molecule has 426 valence electrons. The Kier molecular flexibility index (Phi) is 39.9. The number of rotatable bonds is 49. The van der Waals surface area contributed by atoms with E-state index in [0.29, 0.717) is 37.4 Å². The van der Waals surface area contributed by atoms with Gasteiger partial charge in [-0.15, -0.1) is 0 Å². The molecule has 0 aromatic heterocycles. The van der Waals surface area contributed by atoms with Crippen LogP contribution in [0.25, 0.3) is 0 Å². The van der Waals surface area contributed by atoms with Crippen LogP contribution in [-0.2, 0) is 10.8 Å². The number of benzene rings is 2. The van der Waals surface area contributed by atoms with Crippen molar-refractivity contribution in [3.63, 3.8) is 0 Å². The van der Waals surface area contributed by atoms with E-state index in [1.165, 1.54) is 244 Å². The third-order valence-corrected chi connectivity index (χ3v) is 15.2. The first kappa shape index (κ1) is 67.1. The maximum atomic E-state index is 11.3. The molecule has 0 unspecified atom stereocenters. The van der Waals surface area contributed by atoms with Gasteiger partial charge in [0, 0.05) is 34.7 Å². The number of nitrogens with zero attached hydrogens (tertiary/aromatic N) is 2. The van der Waals surface area contributed by atoms with E-state index >= 15 is 0 Å². The minimum Gasteiger partial charge on any atom is -0.507 e. The molecule has 0 saturated heterocycles. The van der Waals surface area contributed by atoms with Crippen molar-refractivity contribution >= 4 is 12.4 Å². The van der Waals surface area contributed by atoms with Crippen molar-refractivity contribution in [2.75, 3.05) is 26.3 Å². The highest BCUT2D eigenvalue weighted by Crippen LogP contribution is 2.38. The zero-order chi connectivity index (χ0) is 53.8. The molecule has 0 amide bonds. The molecule has 0 aliphatic heterocycles. The summed E-state index contributed by atoms with van der Waals surface area (Å²) in [5, 5.41) is 22.6. The van der Waals surface area contributed by atoms with Crippen molar-refractivity contribution in [1.82, 2.24) is 0 Å². The highest BCUT2D eigenvalue weighted by Gasteiger charge is 2.23. The Morgan fingerprint density at radius 1 is 0.338 bits per heavy atom. The average Bonchev–Trinajstić information content (AvgIpc) is 3.36. The molecule has 2 rings (SSSR count). The second-order valence-corrected chi connectivity index (χ2v) is 24.5. The number of hydrogen-bond acceptors (Lipinski definition) is 6. The van der Waals surface area contributed by atoms with E-state index in [0.717, 1.165) is 35.5 Å². The monoisotopic (exact) mass is 1030 g/mol. The molecular formula is C68H120N2O4. The molecule has 0 heterocycles. The van der Waals surface area contributed by atoms with E-state index in [1.807, 2.05) is 24.3 Å². The lowest BCUT2D eigenvalue weighted by Gasteiger charge is -2.22. The lowest BCUT2D eigenvalue weighted by Crippen LogP contribution is -2.13. The first-order valence-corrected chi connectivity index (χ1v) is 31.9. The molecular weight excluding hydrogens is 909 g/mol. The molecule has 0 bridgehead atoms. The van der Waals surface area contributed by atoms with Gasteiger partial charge in [0.05, 0.1) is 26.3 Å². The fourth-order valence-corrected chi connectivity index (χ4v) is 10.3. The Morgan fingerprint density at radius 3 is 0.770 bits per heavy atom. The Labute approximate surface area is 459 Å². The smallest absolute Gasteiger partial charge is 0.128 e. The first-order valence-electron chi connectivity index (χ1n) is 31.9. The maximum absolute atomic E-state index is 11.3. The van der Waals surface area contributed by atoms with Crippen molar-refractivity contribution in [3.05, 3.63) is 46.5 Å². The molecule has 6 heteroatoms. The van der Waals surface area contributed by atoms with Gasteiger partial charge in [-0.05, 0) is 47.9 Å². The van der Waals surface area contributed by atoms with E-state index in [2.05, 4.69) is 65.4 Å². The summed E-state index contributed by atoms with van der Waals surface area (Å²) in [6, 6.07) is 7.81. The minimum atomic E-state index is -0.250. The van der Waals surface area contributed by atoms with Gasteiger partial charge in [0.25, 0.3) is 0 Å². The molecule has 2 N–H and O–H groups in total. The zero-order valence-electron chi connectivity index (χ0n) is 50.2. The van der Waals surface area contributed by atoms with Crippen LogP contribution >= 0.6 is 0 Å². The fraction of sp³-hybridized carbons (Fsp3) is 0.794. The number of phenolic OH excluding ortho intramolecular Hbond substituents is 2. The van der Waals surface area contributed by atoms with Crippen LogP contribution in [0.1, 0.15) is 334 Å². The van der Waals surface area contributed by atoms with Crippen molar-refractivity contribution < 1.29 is 19.7 Å². The summed E-state index contributed by atoms with van der Waals surface area (Å²) in [7, 11) is 0. The summed E-state index contributed by atoms with van der Waals surface area (Å²) in [6.07, 6.45) is 58.4. The summed E-state index contributed by atoms with van der Waals surface area (Å²) >= 11 is 0. The molecule has 0 atom stereocenters. The highest BCUT2D eigenvalue weighted by molar-refractivity contribution is 5.86. The molecule has 74 heavy (non-hydrogen) atoms. The highest BCUT2D eigenvalue weighted by atomic mass is 16.5. The second kappa shape index (κ2) is 44.0. The average molecular weight is 1030 g/mol.